The van der Waals surface area contributed by atoms with Gasteiger partial charge < -0.3 is 10.2 Å². The fourth-order valence-electron chi connectivity index (χ4n) is 3.50. The number of para-hydroxylation sites is 1. The second-order valence-electron chi connectivity index (χ2n) is 7.28. The number of nitrogens with one attached hydrogen (secondary N) is 1. The van der Waals surface area contributed by atoms with Crippen LogP contribution in [-0.2, 0) is 4.79 Å². The molecule has 1 aromatic heterocycles. The van der Waals surface area contributed by atoms with Gasteiger partial charge >= 0.3 is 0 Å². The third-order valence-electron chi connectivity index (χ3n) is 4.81. The van der Waals surface area contributed by atoms with Crippen molar-refractivity contribution in [3.63, 3.8) is 0 Å². The van der Waals surface area contributed by atoms with E-state index in [0.29, 0.717) is 10.9 Å². The van der Waals surface area contributed by atoms with E-state index in [2.05, 4.69) is 10.3 Å². The summed E-state index contributed by atoms with van der Waals surface area (Å²) in [6.45, 7) is 5.90. The molecule has 3 aromatic rings. The standard InChI is InChI=1S/C23H26N4O2S/c1-15-11-16(2)21(17(3)12-15)25-20(28)14-26(4)22(29)19-13-24-23(30-5)27(19)18-9-7-6-8-10-18/h6-13H,14H2,1-5H3,(H,25,28). The van der Waals surface area contributed by atoms with Crippen molar-refractivity contribution in [3.8, 4) is 5.69 Å². The summed E-state index contributed by atoms with van der Waals surface area (Å²) in [6.07, 6.45) is 3.48. The lowest BCUT2D eigenvalue weighted by Gasteiger charge is -2.19. The molecule has 156 valence electrons. The number of hydrogen-bond donors (Lipinski definition) is 1. The van der Waals surface area contributed by atoms with E-state index in [1.807, 2.05) is 74.1 Å². The molecule has 0 unspecified atom stereocenters. The zero-order chi connectivity index (χ0) is 21.8. The van der Waals surface area contributed by atoms with Crippen LogP contribution >= 0.6 is 11.8 Å². The minimum atomic E-state index is -0.265. The summed E-state index contributed by atoms with van der Waals surface area (Å²) >= 11 is 1.46. The number of aromatic nitrogens is 2. The highest BCUT2D eigenvalue weighted by Gasteiger charge is 2.22. The van der Waals surface area contributed by atoms with Crippen LogP contribution in [0, 0.1) is 20.8 Å². The molecule has 0 spiro atoms. The predicted molar refractivity (Wildman–Crippen MR) is 122 cm³/mol. The van der Waals surface area contributed by atoms with E-state index in [4.69, 9.17) is 0 Å². The van der Waals surface area contributed by atoms with Crippen LogP contribution in [0.5, 0.6) is 0 Å². The summed E-state index contributed by atoms with van der Waals surface area (Å²) in [5.41, 5.74) is 5.22. The summed E-state index contributed by atoms with van der Waals surface area (Å²) < 4.78 is 1.82. The minimum absolute atomic E-state index is 0.0554. The van der Waals surface area contributed by atoms with Gasteiger partial charge in [0.1, 0.15) is 5.69 Å². The van der Waals surface area contributed by atoms with Crippen molar-refractivity contribution in [1.29, 1.82) is 0 Å². The van der Waals surface area contributed by atoms with Gasteiger partial charge in [-0.15, -0.1) is 0 Å². The molecule has 0 aliphatic rings. The Morgan fingerprint density at radius 2 is 1.73 bits per heavy atom. The molecule has 0 bridgehead atoms. The molecule has 1 N–H and O–H groups in total. The monoisotopic (exact) mass is 422 g/mol. The normalized spacial score (nSPS) is 10.7. The van der Waals surface area contributed by atoms with Crippen molar-refractivity contribution in [2.45, 2.75) is 25.9 Å². The van der Waals surface area contributed by atoms with Crippen LogP contribution < -0.4 is 5.32 Å². The molecule has 7 heteroatoms. The maximum Gasteiger partial charge on any atom is 0.272 e. The summed E-state index contributed by atoms with van der Waals surface area (Å²) in [7, 11) is 1.62. The Hall–Kier alpha value is -3.06. The van der Waals surface area contributed by atoms with E-state index < -0.39 is 0 Å². The summed E-state index contributed by atoms with van der Waals surface area (Å²) in [6, 6.07) is 13.7. The molecule has 0 saturated carbocycles. The van der Waals surface area contributed by atoms with E-state index >= 15 is 0 Å². The number of imidazole rings is 1. The Kier molecular flexibility index (Phi) is 6.62. The van der Waals surface area contributed by atoms with Gasteiger partial charge in [0.15, 0.2) is 5.16 Å². The molecule has 0 saturated heterocycles. The van der Waals surface area contributed by atoms with Gasteiger partial charge in [-0.3, -0.25) is 14.2 Å². The molecule has 0 aliphatic heterocycles. The molecule has 3 rings (SSSR count). The van der Waals surface area contributed by atoms with Crippen LogP contribution in [0.25, 0.3) is 5.69 Å². The number of aryl methyl sites for hydroxylation is 3. The van der Waals surface area contributed by atoms with Gasteiger partial charge in [0.05, 0.1) is 12.7 Å². The van der Waals surface area contributed by atoms with Crippen LogP contribution in [0.15, 0.2) is 53.8 Å². The number of likely N-dealkylation sites (N-methyl/N-ethyl adjacent to an activating group) is 1. The highest BCUT2D eigenvalue weighted by molar-refractivity contribution is 7.98. The average molecular weight is 423 g/mol. The van der Waals surface area contributed by atoms with Crippen LogP contribution in [0.4, 0.5) is 5.69 Å². The lowest BCUT2D eigenvalue weighted by molar-refractivity contribution is -0.116. The third kappa shape index (κ3) is 4.57. The smallest absolute Gasteiger partial charge is 0.272 e. The lowest BCUT2D eigenvalue weighted by Crippen LogP contribution is -2.36. The Labute approximate surface area is 181 Å². The number of amides is 2. The molecule has 0 aliphatic carbocycles. The average Bonchev–Trinajstić information content (AvgIpc) is 3.14. The first-order chi connectivity index (χ1) is 14.3. The SMILES string of the molecule is CSc1ncc(C(=O)N(C)CC(=O)Nc2c(C)cc(C)cc2C)n1-c1ccccc1. The maximum absolute atomic E-state index is 13.1. The second-order valence-corrected chi connectivity index (χ2v) is 8.06. The van der Waals surface area contributed by atoms with Crippen molar-refractivity contribution in [2.24, 2.45) is 0 Å². The van der Waals surface area contributed by atoms with Crippen LogP contribution in [0.2, 0.25) is 0 Å². The predicted octanol–water partition coefficient (Wildman–Crippen LogP) is 4.23. The van der Waals surface area contributed by atoms with Gasteiger partial charge in [0.25, 0.3) is 5.91 Å². The highest BCUT2D eigenvalue weighted by atomic mass is 32.2. The quantitative estimate of drug-likeness (QED) is 0.604. The maximum atomic E-state index is 13.1. The van der Waals surface area contributed by atoms with Crippen molar-refractivity contribution in [1.82, 2.24) is 14.5 Å². The zero-order valence-electron chi connectivity index (χ0n) is 17.9. The minimum Gasteiger partial charge on any atom is -0.331 e. The van der Waals surface area contributed by atoms with E-state index in [9.17, 15) is 9.59 Å². The van der Waals surface area contributed by atoms with Gasteiger partial charge in [-0.2, -0.15) is 0 Å². The summed E-state index contributed by atoms with van der Waals surface area (Å²) in [4.78, 5) is 31.5. The molecule has 1 heterocycles. The first-order valence-electron chi connectivity index (χ1n) is 9.62. The number of carbonyl (C=O) groups is 2. The molecule has 0 radical (unpaired) electrons. The molecular formula is C23H26N4O2S. The van der Waals surface area contributed by atoms with E-state index in [1.165, 1.54) is 16.7 Å². The second kappa shape index (κ2) is 9.17. The number of anilines is 1. The number of nitrogens with zero attached hydrogens (tertiary/aromatic N) is 3. The number of thioether (sulfide) groups is 1. The van der Waals surface area contributed by atoms with Crippen LogP contribution in [-0.4, -0.2) is 46.1 Å². The van der Waals surface area contributed by atoms with Gasteiger partial charge in [-0.1, -0.05) is 47.7 Å². The Morgan fingerprint density at radius 1 is 1.10 bits per heavy atom. The number of benzene rings is 2. The van der Waals surface area contributed by atoms with Crippen molar-refractivity contribution >= 4 is 29.3 Å². The van der Waals surface area contributed by atoms with Gasteiger partial charge in [-0.25, -0.2) is 4.98 Å². The first kappa shape index (κ1) is 21.6. The molecule has 0 atom stereocenters. The van der Waals surface area contributed by atoms with Crippen molar-refractivity contribution < 1.29 is 9.59 Å². The van der Waals surface area contributed by atoms with Gasteiger partial charge in [0.2, 0.25) is 5.91 Å². The number of carbonyl (C=O) groups excluding carboxylic acids is 2. The fraction of sp³-hybridized carbons (Fsp3) is 0.261. The topological polar surface area (TPSA) is 67.2 Å². The Bertz CT molecular complexity index is 1050. The zero-order valence-corrected chi connectivity index (χ0v) is 18.7. The van der Waals surface area contributed by atoms with E-state index in [0.717, 1.165) is 28.1 Å². The van der Waals surface area contributed by atoms with Crippen LogP contribution in [0.3, 0.4) is 0 Å². The molecule has 2 aromatic carbocycles. The lowest BCUT2D eigenvalue weighted by atomic mass is 10.1. The molecule has 0 fully saturated rings. The van der Waals surface area contributed by atoms with Crippen molar-refractivity contribution in [3.05, 3.63) is 71.0 Å². The third-order valence-corrected chi connectivity index (χ3v) is 5.47. The highest BCUT2D eigenvalue weighted by Crippen LogP contribution is 2.23. The van der Waals surface area contributed by atoms with E-state index in [1.54, 1.807) is 13.2 Å². The fourth-order valence-corrected chi connectivity index (χ4v) is 4.04. The molecular weight excluding hydrogens is 396 g/mol. The van der Waals surface area contributed by atoms with Gasteiger partial charge in [-0.05, 0) is 50.3 Å². The van der Waals surface area contributed by atoms with Gasteiger partial charge in [0, 0.05) is 18.4 Å². The summed E-state index contributed by atoms with van der Waals surface area (Å²) in [5, 5.41) is 3.66. The molecule has 6 nitrogen and oxygen atoms in total. The number of hydrogen-bond acceptors (Lipinski definition) is 4. The number of rotatable bonds is 6. The Morgan fingerprint density at radius 3 is 2.33 bits per heavy atom. The molecule has 2 amide bonds. The van der Waals surface area contributed by atoms with E-state index in [-0.39, 0.29) is 18.4 Å². The Balaban J connectivity index is 1.79. The largest absolute Gasteiger partial charge is 0.331 e. The van der Waals surface area contributed by atoms with Crippen molar-refractivity contribution in [2.75, 3.05) is 25.2 Å². The summed E-state index contributed by atoms with van der Waals surface area (Å²) in [5.74, 6) is -0.504. The first-order valence-corrected chi connectivity index (χ1v) is 10.8. The molecule has 30 heavy (non-hydrogen) atoms. The van der Waals surface area contributed by atoms with Crippen LogP contribution in [0.1, 0.15) is 27.2 Å².